The molecule has 0 aromatic heterocycles. The summed E-state index contributed by atoms with van der Waals surface area (Å²) in [7, 11) is 1.67. The number of nitrogens with zero attached hydrogens (tertiary/aromatic N) is 5. The highest BCUT2D eigenvalue weighted by molar-refractivity contribution is 6.34. The fourth-order valence-electron chi connectivity index (χ4n) is 3.70. The molecular weight excluding hydrogens is 366 g/mol. The van der Waals surface area contributed by atoms with Crippen molar-refractivity contribution in [2.24, 2.45) is 4.99 Å². The zero-order chi connectivity index (χ0) is 19.5. The molecule has 0 bridgehead atoms. The molecule has 0 saturated carbocycles. The van der Waals surface area contributed by atoms with Crippen molar-refractivity contribution in [2.45, 2.75) is 26.1 Å². The molecule has 3 amide bonds. The third kappa shape index (κ3) is 2.53. The monoisotopic (exact) mass is 385 g/mol. The number of likely N-dealkylation sites (N-methyl/N-ethyl adjacent to an activating group) is 1. The van der Waals surface area contributed by atoms with Gasteiger partial charge < -0.3 is 9.80 Å². The fourth-order valence-corrected chi connectivity index (χ4v) is 3.92. The number of hydrogen-bond donors (Lipinski definition) is 0. The van der Waals surface area contributed by atoms with Crippen LogP contribution in [-0.2, 0) is 4.79 Å². The van der Waals surface area contributed by atoms with Gasteiger partial charge in [0.25, 0.3) is 5.91 Å². The van der Waals surface area contributed by atoms with Gasteiger partial charge in [0.05, 0.1) is 17.3 Å². The SMILES string of the molecule is C=C(C)CN1C(=O)C2C(N=C3N(c4ccccc4Cl)C(C)=CN32)N(C)C1=O. The first-order valence-corrected chi connectivity index (χ1v) is 9.01. The molecule has 0 aliphatic carbocycles. The van der Waals surface area contributed by atoms with E-state index in [4.69, 9.17) is 16.6 Å². The van der Waals surface area contributed by atoms with Crippen LogP contribution >= 0.6 is 11.6 Å². The first-order valence-electron chi connectivity index (χ1n) is 8.63. The number of halogens is 1. The smallest absolute Gasteiger partial charge is 0.302 e. The quantitative estimate of drug-likeness (QED) is 0.751. The first-order chi connectivity index (χ1) is 12.8. The standard InChI is InChI=1S/C19H20ClN5O2/c1-11(2)9-24-17(26)15-16(22(4)19(24)27)21-18-23(15)10-12(3)25(18)14-8-6-5-7-13(14)20/h5-8,10,15-16H,1,9H2,2-4H3. The summed E-state index contributed by atoms with van der Waals surface area (Å²) in [6, 6.07) is 6.52. The van der Waals surface area contributed by atoms with E-state index in [2.05, 4.69) is 6.58 Å². The van der Waals surface area contributed by atoms with E-state index in [-0.39, 0.29) is 18.5 Å². The van der Waals surface area contributed by atoms with Crippen LogP contribution in [0.5, 0.6) is 0 Å². The fraction of sp³-hybridized carbons (Fsp3) is 0.316. The molecule has 0 N–H and O–H groups in total. The lowest BCUT2D eigenvalue weighted by atomic mass is 10.1. The highest BCUT2D eigenvalue weighted by atomic mass is 35.5. The van der Waals surface area contributed by atoms with Crippen LogP contribution in [0.1, 0.15) is 13.8 Å². The minimum Gasteiger partial charge on any atom is -0.302 e. The van der Waals surface area contributed by atoms with Crippen LogP contribution < -0.4 is 4.90 Å². The number of benzene rings is 1. The van der Waals surface area contributed by atoms with Gasteiger partial charge in [-0.05, 0) is 26.0 Å². The summed E-state index contributed by atoms with van der Waals surface area (Å²) in [5, 5.41) is 0.587. The number of allylic oxidation sites excluding steroid dienone is 1. The van der Waals surface area contributed by atoms with Crippen LogP contribution in [-0.4, -0.2) is 58.4 Å². The summed E-state index contributed by atoms with van der Waals surface area (Å²) in [4.78, 5) is 37.0. The lowest BCUT2D eigenvalue weighted by Crippen LogP contribution is -2.64. The van der Waals surface area contributed by atoms with Gasteiger partial charge in [-0.2, -0.15) is 0 Å². The van der Waals surface area contributed by atoms with Crippen LogP contribution in [0, 0.1) is 0 Å². The summed E-state index contributed by atoms with van der Waals surface area (Å²) in [6.07, 6.45) is 1.31. The Morgan fingerprint density at radius 2 is 2.00 bits per heavy atom. The van der Waals surface area contributed by atoms with Crippen molar-refractivity contribution in [1.29, 1.82) is 0 Å². The van der Waals surface area contributed by atoms with Crippen molar-refractivity contribution >= 4 is 35.2 Å². The van der Waals surface area contributed by atoms with Gasteiger partial charge in [-0.1, -0.05) is 35.9 Å². The number of anilines is 1. The molecule has 0 radical (unpaired) electrons. The number of urea groups is 1. The van der Waals surface area contributed by atoms with Gasteiger partial charge in [0, 0.05) is 18.9 Å². The second kappa shape index (κ2) is 6.13. The molecule has 1 aromatic carbocycles. The normalized spacial score (nSPS) is 24.1. The molecule has 2 atom stereocenters. The van der Waals surface area contributed by atoms with Gasteiger partial charge in [-0.15, -0.1) is 0 Å². The molecule has 1 fully saturated rings. The Labute approximate surface area is 162 Å². The first kappa shape index (κ1) is 17.6. The number of aliphatic imine (C=N–C) groups is 1. The third-order valence-electron chi connectivity index (χ3n) is 4.91. The predicted molar refractivity (Wildman–Crippen MR) is 104 cm³/mol. The van der Waals surface area contributed by atoms with Crippen molar-refractivity contribution in [3.8, 4) is 0 Å². The lowest BCUT2D eigenvalue weighted by Gasteiger charge is -2.40. The topological polar surface area (TPSA) is 59.5 Å². The number of para-hydroxylation sites is 1. The van der Waals surface area contributed by atoms with Crippen molar-refractivity contribution < 1.29 is 9.59 Å². The van der Waals surface area contributed by atoms with E-state index in [1.54, 1.807) is 14.0 Å². The number of carbonyl (C=O) groups is 2. The summed E-state index contributed by atoms with van der Waals surface area (Å²) >= 11 is 6.38. The number of carbonyl (C=O) groups excluding carboxylic acids is 2. The maximum absolute atomic E-state index is 13.1. The summed E-state index contributed by atoms with van der Waals surface area (Å²) < 4.78 is 0. The predicted octanol–water partition coefficient (Wildman–Crippen LogP) is 2.86. The minimum atomic E-state index is -0.593. The number of imide groups is 1. The van der Waals surface area contributed by atoms with E-state index >= 15 is 0 Å². The zero-order valence-corrected chi connectivity index (χ0v) is 16.1. The van der Waals surface area contributed by atoms with Crippen LogP contribution in [0.3, 0.4) is 0 Å². The Morgan fingerprint density at radius 3 is 2.67 bits per heavy atom. The van der Waals surface area contributed by atoms with Crippen molar-refractivity contribution in [3.63, 3.8) is 0 Å². The van der Waals surface area contributed by atoms with Gasteiger partial charge in [0.15, 0.2) is 12.2 Å². The number of rotatable bonds is 3. The van der Waals surface area contributed by atoms with Crippen molar-refractivity contribution in [2.75, 3.05) is 18.5 Å². The molecule has 1 saturated heterocycles. The van der Waals surface area contributed by atoms with Gasteiger partial charge in [-0.3, -0.25) is 14.6 Å². The van der Waals surface area contributed by atoms with Gasteiger partial charge >= 0.3 is 6.03 Å². The Bertz CT molecular complexity index is 924. The molecular formula is C19H20ClN5O2. The molecule has 1 aromatic rings. The van der Waals surface area contributed by atoms with Crippen molar-refractivity contribution in [1.82, 2.24) is 14.7 Å². The summed E-state index contributed by atoms with van der Waals surface area (Å²) in [5.74, 6) is 0.329. The lowest BCUT2D eigenvalue weighted by molar-refractivity contribution is -0.136. The molecule has 3 aliphatic heterocycles. The number of guanidine groups is 1. The number of hydrogen-bond acceptors (Lipinski definition) is 5. The molecule has 3 heterocycles. The number of amides is 3. The van der Waals surface area contributed by atoms with Crippen LogP contribution in [0.4, 0.5) is 10.5 Å². The van der Waals surface area contributed by atoms with E-state index in [1.807, 2.05) is 47.2 Å². The zero-order valence-electron chi connectivity index (χ0n) is 15.4. The van der Waals surface area contributed by atoms with E-state index in [9.17, 15) is 9.59 Å². The summed E-state index contributed by atoms with van der Waals surface area (Å²) in [6.45, 7) is 7.76. The van der Waals surface area contributed by atoms with E-state index < -0.39 is 12.2 Å². The molecule has 140 valence electrons. The van der Waals surface area contributed by atoms with E-state index in [1.165, 1.54) is 9.80 Å². The average Bonchev–Trinajstić information content (AvgIpc) is 3.12. The van der Waals surface area contributed by atoms with Crippen LogP contribution in [0.25, 0.3) is 0 Å². The second-order valence-corrected chi connectivity index (χ2v) is 7.43. The Kier molecular flexibility index (Phi) is 3.99. The molecule has 3 aliphatic rings. The minimum absolute atomic E-state index is 0.200. The largest absolute Gasteiger partial charge is 0.328 e. The molecule has 0 spiro atoms. The Hall–Kier alpha value is -2.80. The van der Waals surface area contributed by atoms with Crippen molar-refractivity contribution in [3.05, 3.63) is 53.3 Å². The van der Waals surface area contributed by atoms with E-state index in [0.29, 0.717) is 11.0 Å². The Morgan fingerprint density at radius 1 is 1.30 bits per heavy atom. The Balaban J connectivity index is 1.74. The summed E-state index contributed by atoms with van der Waals surface area (Å²) in [5.41, 5.74) is 2.43. The number of fused-ring (bicyclic) bond motifs is 3. The highest BCUT2D eigenvalue weighted by Gasteiger charge is 2.54. The van der Waals surface area contributed by atoms with Gasteiger partial charge in [0.2, 0.25) is 5.96 Å². The highest BCUT2D eigenvalue weighted by Crippen LogP contribution is 2.38. The van der Waals surface area contributed by atoms with Gasteiger partial charge in [-0.25, -0.2) is 9.79 Å². The maximum Gasteiger partial charge on any atom is 0.328 e. The van der Waals surface area contributed by atoms with E-state index in [0.717, 1.165) is 17.0 Å². The molecule has 7 nitrogen and oxygen atoms in total. The molecule has 4 rings (SSSR count). The molecule has 8 heteroatoms. The molecule has 2 unspecified atom stereocenters. The molecule has 27 heavy (non-hydrogen) atoms. The van der Waals surface area contributed by atoms with Gasteiger partial charge in [0.1, 0.15) is 0 Å². The average molecular weight is 386 g/mol. The third-order valence-corrected chi connectivity index (χ3v) is 5.23. The van der Waals surface area contributed by atoms with Crippen LogP contribution in [0.15, 0.2) is 53.3 Å². The second-order valence-electron chi connectivity index (χ2n) is 7.03. The van der Waals surface area contributed by atoms with Crippen LogP contribution in [0.2, 0.25) is 5.02 Å². The maximum atomic E-state index is 13.1.